The number of nitrogens with one attached hydrogen (secondary N) is 1. The third-order valence-electron chi connectivity index (χ3n) is 5.89. The van der Waals surface area contributed by atoms with Gasteiger partial charge in [0.25, 0.3) is 0 Å². The number of esters is 1. The molecule has 2 unspecified atom stereocenters. The molecule has 1 saturated heterocycles. The van der Waals surface area contributed by atoms with Gasteiger partial charge in [0.1, 0.15) is 11.7 Å². The van der Waals surface area contributed by atoms with E-state index in [0.717, 1.165) is 44.1 Å². The molecule has 4 rings (SSSR count). The molecule has 1 N–H and O–H groups in total. The summed E-state index contributed by atoms with van der Waals surface area (Å²) >= 11 is 0. The van der Waals surface area contributed by atoms with E-state index in [9.17, 15) is 9.59 Å². The Morgan fingerprint density at radius 1 is 1.20 bits per heavy atom. The molecule has 1 aromatic carbocycles. The first-order valence-electron chi connectivity index (χ1n) is 9.37. The van der Waals surface area contributed by atoms with Crippen LogP contribution in [-0.2, 0) is 25.5 Å². The Hall–Kier alpha value is -1.88. The molecule has 1 aromatic rings. The SMILES string of the molecule is O=C1CC(C(=O)NCC2OCCc3ccccc32)C2(CCCCC2)O1. The Kier molecular flexibility index (Phi) is 4.50. The van der Waals surface area contributed by atoms with Gasteiger partial charge in [0.05, 0.1) is 18.9 Å². The van der Waals surface area contributed by atoms with Crippen LogP contribution in [0.5, 0.6) is 0 Å². The average molecular weight is 343 g/mol. The number of hydrogen-bond acceptors (Lipinski definition) is 4. The maximum Gasteiger partial charge on any atom is 0.307 e. The molecule has 0 radical (unpaired) electrons. The summed E-state index contributed by atoms with van der Waals surface area (Å²) in [5, 5.41) is 3.03. The van der Waals surface area contributed by atoms with Crippen molar-refractivity contribution in [3.8, 4) is 0 Å². The second-order valence-corrected chi connectivity index (χ2v) is 7.41. The van der Waals surface area contributed by atoms with Crippen LogP contribution < -0.4 is 5.32 Å². The highest BCUT2D eigenvalue weighted by Gasteiger charge is 2.52. The Morgan fingerprint density at radius 3 is 2.84 bits per heavy atom. The molecule has 2 heterocycles. The Morgan fingerprint density at radius 2 is 2.00 bits per heavy atom. The molecule has 25 heavy (non-hydrogen) atoms. The molecule has 0 bridgehead atoms. The van der Waals surface area contributed by atoms with Crippen LogP contribution in [0.25, 0.3) is 0 Å². The lowest BCUT2D eigenvalue weighted by atomic mass is 9.75. The van der Waals surface area contributed by atoms with Crippen molar-refractivity contribution in [3.05, 3.63) is 35.4 Å². The maximum absolute atomic E-state index is 12.8. The summed E-state index contributed by atoms with van der Waals surface area (Å²) in [4.78, 5) is 24.7. The minimum Gasteiger partial charge on any atom is -0.458 e. The fourth-order valence-corrected chi connectivity index (χ4v) is 4.59. The van der Waals surface area contributed by atoms with Gasteiger partial charge in [0, 0.05) is 6.54 Å². The van der Waals surface area contributed by atoms with Gasteiger partial charge in [-0.1, -0.05) is 30.7 Å². The number of hydrogen-bond donors (Lipinski definition) is 1. The monoisotopic (exact) mass is 343 g/mol. The zero-order valence-corrected chi connectivity index (χ0v) is 14.5. The summed E-state index contributed by atoms with van der Waals surface area (Å²) in [5.74, 6) is -0.667. The third-order valence-corrected chi connectivity index (χ3v) is 5.89. The lowest BCUT2D eigenvalue weighted by Gasteiger charge is -2.36. The molecule has 3 aliphatic rings. The number of benzene rings is 1. The Balaban J connectivity index is 1.43. The minimum absolute atomic E-state index is 0.0700. The van der Waals surface area contributed by atoms with Gasteiger partial charge in [0.15, 0.2) is 0 Å². The van der Waals surface area contributed by atoms with Gasteiger partial charge in [-0.25, -0.2) is 0 Å². The van der Waals surface area contributed by atoms with Crippen LogP contribution in [0.2, 0.25) is 0 Å². The normalized spacial score (nSPS) is 27.6. The van der Waals surface area contributed by atoms with Crippen LogP contribution in [0.3, 0.4) is 0 Å². The summed E-state index contributed by atoms with van der Waals surface area (Å²) < 4.78 is 11.5. The van der Waals surface area contributed by atoms with Crippen molar-refractivity contribution in [2.24, 2.45) is 5.92 Å². The van der Waals surface area contributed by atoms with Crippen LogP contribution >= 0.6 is 0 Å². The van der Waals surface area contributed by atoms with E-state index < -0.39 is 5.60 Å². The number of fused-ring (bicyclic) bond motifs is 1. The molecule has 2 aliphatic heterocycles. The topological polar surface area (TPSA) is 64.6 Å². The van der Waals surface area contributed by atoms with E-state index in [1.807, 2.05) is 12.1 Å². The van der Waals surface area contributed by atoms with E-state index >= 15 is 0 Å². The summed E-state index contributed by atoms with van der Waals surface area (Å²) in [7, 11) is 0. The molecule has 1 amide bonds. The van der Waals surface area contributed by atoms with E-state index in [-0.39, 0.29) is 30.3 Å². The lowest BCUT2D eigenvalue weighted by Crippen LogP contribution is -2.46. The number of rotatable bonds is 3. The molecule has 1 saturated carbocycles. The smallest absolute Gasteiger partial charge is 0.307 e. The lowest BCUT2D eigenvalue weighted by molar-refractivity contribution is -0.153. The summed E-state index contributed by atoms with van der Waals surface area (Å²) in [6, 6.07) is 8.22. The van der Waals surface area contributed by atoms with Gasteiger partial charge in [-0.3, -0.25) is 9.59 Å². The first-order chi connectivity index (χ1) is 12.2. The molecule has 134 valence electrons. The van der Waals surface area contributed by atoms with Gasteiger partial charge in [0.2, 0.25) is 5.91 Å². The zero-order chi connectivity index (χ0) is 17.3. The molecule has 2 atom stereocenters. The highest BCUT2D eigenvalue weighted by Crippen LogP contribution is 2.44. The second kappa shape index (κ2) is 6.79. The third kappa shape index (κ3) is 3.17. The van der Waals surface area contributed by atoms with Gasteiger partial charge < -0.3 is 14.8 Å². The van der Waals surface area contributed by atoms with Crippen LogP contribution in [0.4, 0.5) is 0 Å². The van der Waals surface area contributed by atoms with E-state index in [1.54, 1.807) is 0 Å². The largest absolute Gasteiger partial charge is 0.458 e. The van der Waals surface area contributed by atoms with Crippen molar-refractivity contribution in [1.82, 2.24) is 5.32 Å². The van der Waals surface area contributed by atoms with Gasteiger partial charge in [-0.05, 0) is 43.2 Å². The van der Waals surface area contributed by atoms with Crippen molar-refractivity contribution in [2.75, 3.05) is 13.2 Å². The summed E-state index contributed by atoms with van der Waals surface area (Å²) in [6.45, 7) is 1.11. The molecule has 0 aromatic heterocycles. The van der Waals surface area contributed by atoms with Crippen molar-refractivity contribution in [3.63, 3.8) is 0 Å². The van der Waals surface area contributed by atoms with Crippen LogP contribution in [0, 0.1) is 5.92 Å². The first kappa shape index (κ1) is 16.6. The average Bonchev–Trinajstić information content (AvgIpc) is 2.95. The predicted octanol–water partition coefficient (Wildman–Crippen LogP) is 2.68. The summed E-state index contributed by atoms with van der Waals surface area (Å²) in [5.41, 5.74) is 1.88. The second-order valence-electron chi connectivity index (χ2n) is 7.41. The zero-order valence-electron chi connectivity index (χ0n) is 14.5. The molecule has 2 fully saturated rings. The summed E-state index contributed by atoms with van der Waals surface area (Å²) in [6.07, 6.45) is 5.81. The van der Waals surface area contributed by atoms with Gasteiger partial charge >= 0.3 is 5.97 Å². The van der Waals surface area contributed by atoms with E-state index in [2.05, 4.69) is 17.4 Å². The van der Waals surface area contributed by atoms with Crippen molar-refractivity contribution in [1.29, 1.82) is 0 Å². The fraction of sp³-hybridized carbons (Fsp3) is 0.600. The fourth-order valence-electron chi connectivity index (χ4n) is 4.59. The highest BCUT2D eigenvalue weighted by molar-refractivity contribution is 5.87. The Bertz CT molecular complexity index is 665. The number of carbonyl (C=O) groups excluding carboxylic acids is 2. The number of ether oxygens (including phenoxy) is 2. The minimum atomic E-state index is -0.565. The van der Waals surface area contributed by atoms with Crippen LogP contribution in [0.1, 0.15) is 55.8 Å². The van der Waals surface area contributed by atoms with Crippen LogP contribution in [0.15, 0.2) is 24.3 Å². The molecular formula is C20H25NO4. The van der Waals surface area contributed by atoms with Crippen molar-refractivity contribution >= 4 is 11.9 Å². The van der Waals surface area contributed by atoms with Crippen molar-refractivity contribution < 1.29 is 19.1 Å². The number of carbonyl (C=O) groups is 2. The van der Waals surface area contributed by atoms with E-state index in [4.69, 9.17) is 9.47 Å². The predicted molar refractivity (Wildman–Crippen MR) is 91.9 cm³/mol. The van der Waals surface area contributed by atoms with Gasteiger partial charge in [-0.2, -0.15) is 0 Å². The van der Waals surface area contributed by atoms with E-state index in [1.165, 1.54) is 5.56 Å². The van der Waals surface area contributed by atoms with Crippen molar-refractivity contribution in [2.45, 2.75) is 56.7 Å². The maximum atomic E-state index is 12.8. The molecule has 1 aliphatic carbocycles. The first-order valence-corrected chi connectivity index (χ1v) is 9.37. The number of amides is 1. The van der Waals surface area contributed by atoms with Crippen LogP contribution in [-0.4, -0.2) is 30.6 Å². The quantitative estimate of drug-likeness (QED) is 0.857. The highest BCUT2D eigenvalue weighted by atomic mass is 16.6. The molecular weight excluding hydrogens is 318 g/mol. The van der Waals surface area contributed by atoms with E-state index in [0.29, 0.717) is 13.2 Å². The van der Waals surface area contributed by atoms with Gasteiger partial charge in [-0.15, -0.1) is 0 Å². The molecule has 5 heteroatoms. The molecule has 1 spiro atoms. The molecule has 5 nitrogen and oxygen atoms in total. The standard InChI is InChI=1S/C20H25NO4/c22-18-12-16(20(25-18)9-4-1-5-10-20)19(23)21-13-17-15-7-3-2-6-14(15)8-11-24-17/h2-3,6-7,16-17H,1,4-5,8-13H2,(H,21,23). The Labute approximate surface area is 148 Å².